The normalized spacial score (nSPS) is 13.8. The van der Waals surface area contributed by atoms with Gasteiger partial charge in [0.1, 0.15) is 17.4 Å². The van der Waals surface area contributed by atoms with E-state index in [-0.39, 0.29) is 16.6 Å². The number of carbonyl (C=O) groups is 2. The quantitative estimate of drug-likeness (QED) is 0.870. The Morgan fingerprint density at radius 1 is 1.29 bits per heavy atom. The second kappa shape index (κ2) is 7.40. The van der Waals surface area contributed by atoms with Gasteiger partial charge in [0, 0.05) is 6.07 Å². The summed E-state index contributed by atoms with van der Waals surface area (Å²) in [6.45, 7) is 4.88. The number of benzene rings is 1. The third-order valence-corrected chi connectivity index (χ3v) is 4.17. The first-order valence-corrected chi connectivity index (χ1v) is 7.67. The van der Waals surface area contributed by atoms with Crippen molar-refractivity contribution in [1.29, 1.82) is 0 Å². The van der Waals surface area contributed by atoms with E-state index in [1.54, 1.807) is 13.8 Å². The monoisotopic (exact) mass is 317 g/mol. The lowest BCUT2D eigenvalue weighted by Gasteiger charge is -2.19. The fourth-order valence-electron chi connectivity index (χ4n) is 1.81. The molecule has 2 atom stereocenters. The third-order valence-electron chi connectivity index (χ3n) is 2.82. The molecule has 0 saturated carbocycles. The van der Waals surface area contributed by atoms with Gasteiger partial charge in [-0.2, -0.15) is 0 Å². The maximum absolute atomic E-state index is 13.5. The van der Waals surface area contributed by atoms with Crippen molar-refractivity contribution in [3.63, 3.8) is 0 Å². The van der Waals surface area contributed by atoms with E-state index in [0.717, 1.165) is 12.1 Å². The van der Waals surface area contributed by atoms with Gasteiger partial charge in [-0.3, -0.25) is 13.8 Å². The van der Waals surface area contributed by atoms with Crippen LogP contribution in [0.15, 0.2) is 23.1 Å². The highest BCUT2D eigenvalue weighted by Gasteiger charge is 2.22. The fraction of sp³-hybridized carbons (Fsp3) is 0.429. The largest absolute Gasteiger partial charge is 0.345 e. The van der Waals surface area contributed by atoms with E-state index in [4.69, 9.17) is 0 Å². The van der Waals surface area contributed by atoms with Crippen molar-refractivity contribution in [1.82, 2.24) is 5.32 Å². The van der Waals surface area contributed by atoms with Crippen LogP contribution in [-0.2, 0) is 20.4 Å². The number of carbonyl (C=O) groups excluding carboxylic acids is 2. The Labute approximate surface area is 124 Å². The lowest BCUT2D eigenvalue weighted by atomic mass is 10.0. The molecule has 1 aromatic rings. The van der Waals surface area contributed by atoms with Crippen LogP contribution in [-0.4, -0.2) is 27.7 Å². The minimum atomic E-state index is -1.94. The first-order chi connectivity index (χ1) is 9.72. The van der Waals surface area contributed by atoms with Crippen molar-refractivity contribution < 1.29 is 22.6 Å². The summed E-state index contributed by atoms with van der Waals surface area (Å²) in [5, 5.41) is 2.47. The standard InChI is InChI=1S/C14H17F2NO3S/c1-8(2)14(9(3)18)17-13(19)7-21(20)12-5-4-10(15)6-11(12)16/h4-6,8,14H,7H2,1-3H3,(H,17,19). The molecule has 0 saturated heterocycles. The average molecular weight is 317 g/mol. The summed E-state index contributed by atoms with van der Waals surface area (Å²) in [6, 6.07) is 1.95. The van der Waals surface area contributed by atoms with Crippen LogP contribution >= 0.6 is 0 Å². The Balaban J connectivity index is 2.74. The number of hydrogen-bond acceptors (Lipinski definition) is 3. The van der Waals surface area contributed by atoms with Gasteiger partial charge in [0.05, 0.1) is 21.7 Å². The lowest BCUT2D eigenvalue weighted by Crippen LogP contribution is -2.45. The van der Waals surface area contributed by atoms with Crippen molar-refractivity contribution in [3.8, 4) is 0 Å². The molecule has 2 unspecified atom stereocenters. The summed E-state index contributed by atoms with van der Waals surface area (Å²) < 4.78 is 38.1. The van der Waals surface area contributed by atoms with Gasteiger partial charge in [-0.15, -0.1) is 0 Å². The van der Waals surface area contributed by atoms with Crippen molar-refractivity contribution in [3.05, 3.63) is 29.8 Å². The molecule has 0 spiro atoms. The van der Waals surface area contributed by atoms with Crippen LogP contribution in [0.2, 0.25) is 0 Å². The van der Waals surface area contributed by atoms with E-state index in [0.29, 0.717) is 6.07 Å². The summed E-state index contributed by atoms with van der Waals surface area (Å²) in [4.78, 5) is 22.9. The summed E-state index contributed by atoms with van der Waals surface area (Å²) in [6.07, 6.45) is 0. The van der Waals surface area contributed by atoms with E-state index in [2.05, 4.69) is 5.32 Å². The molecular formula is C14H17F2NO3S. The average Bonchev–Trinajstić information content (AvgIpc) is 2.34. The van der Waals surface area contributed by atoms with Crippen LogP contribution in [0.25, 0.3) is 0 Å². The molecule has 1 rings (SSSR count). The smallest absolute Gasteiger partial charge is 0.233 e. The summed E-state index contributed by atoms with van der Waals surface area (Å²) in [5.41, 5.74) is 0. The summed E-state index contributed by atoms with van der Waals surface area (Å²) >= 11 is 0. The van der Waals surface area contributed by atoms with Crippen molar-refractivity contribution in [2.75, 3.05) is 5.75 Å². The number of rotatable bonds is 6. The van der Waals surface area contributed by atoms with Crippen LogP contribution in [0.1, 0.15) is 20.8 Å². The van der Waals surface area contributed by atoms with Gasteiger partial charge in [-0.05, 0) is 25.0 Å². The van der Waals surface area contributed by atoms with Gasteiger partial charge in [0.15, 0.2) is 5.78 Å². The summed E-state index contributed by atoms with van der Waals surface area (Å²) in [5.74, 6) is -3.17. The van der Waals surface area contributed by atoms with Crippen LogP contribution in [0.3, 0.4) is 0 Å². The molecule has 0 radical (unpaired) electrons. The van der Waals surface area contributed by atoms with Crippen LogP contribution in [0, 0.1) is 17.6 Å². The molecule has 1 N–H and O–H groups in total. The molecule has 0 fully saturated rings. The second-order valence-corrected chi connectivity index (χ2v) is 6.38. The minimum absolute atomic E-state index is 0.109. The maximum Gasteiger partial charge on any atom is 0.233 e. The molecule has 0 aliphatic rings. The third kappa shape index (κ3) is 5.00. The highest BCUT2D eigenvalue weighted by molar-refractivity contribution is 7.85. The topological polar surface area (TPSA) is 63.2 Å². The van der Waals surface area contributed by atoms with E-state index >= 15 is 0 Å². The van der Waals surface area contributed by atoms with Gasteiger partial charge >= 0.3 is 0 Å². The van der Waals surface area contributed by atoms with E-state index in [9.17, 15) is 22.6 Å². The van der Waals surface area contributed by atoms with Crippen molar-refractivity contribution in [2.24, 2.45) is 5.92 Å². The molecule has 0 aliphatic carbocycles. The molecule has 4 nitrogen and oxygen atoms in total. The fourth-order valence-corrected chi connectivity index (χ4v) is 2.78. The predicted molar refractivity (Wildman–Crippen MR) is 75.1 cm³/mol. The zero-order chi connectivity index (χ0) is 16.2. The van der Waals surface area contributed by atoms with E-state index in [1.807, 2.05) is 0 Å². The van der Waals surface area contributed by atoms with Crippen molar-refractivity contribution in [2.45, 2.75) is 31.7 Å². The number of amides is 1. The predicted octanol–water partition coefficient (Wildman–Crippen LogP) is 1.80. The highest BCUT2D eigenvalue weighted by atomic mass is 32.2. The zero-order valence-corrected chi connectivity index (χ0v) is 12.8. The van der Waals surface area contributed by atoms with Crippen LogP contribution in [0.4, 0.5) is 8.78 Å². The number of nitrogens with one attached hydrogen (secondary N) is 1. The molecule has 0 aromatic heterocycles. The van der Waals surface area contributed by atoms with Gasteiger partial charge < -0.3 is 5.32 Å². The molecule has 7 heteroatoms. The molecule has 0 aliphatic heterocycles. The van der Waals surface area contributed by atoms with Crippen LogP contribution < -0.4 is 5.32 Å². The minimum Gasteiger partial charge on any atom is -0.345 e. The van der Waals surface area contributed by atoms with E-state index in [1.165, 1.54) is 6.92 Å². The molecule has 21 heavy (non-hydrogen) atoms. The molecule has 0 bridgehead atoms. The Kier molecular flexibility index (Phi) is 6.14. The van der Waals surface area contributed by atoms with Gasteiger partial charge in [0.2, 0.25) is 5.91 Å². The maximum atomic E-state index is 13.5. The highest BCUT2D eigenvalue weighted by Crippen LogP contribution is 2.14. The number of halogens is 2. The summed E-state index contributed by atoms with van der Waals surface area (Å²) in [7, 11) is -1.94. The number of ketones is 1. The Morgan fingerprint density at radius 3 is 2.38 bits per heavy atom. The Morgan fingerprint density at radius 2 is 1.90 bits per heavy atom. The molecule has 116 valence electrons. The second-order valence-electron chi connectivity index (χ2n) is 4.96. The molecule has 0 heterocycles. The number of Topliss-reactive ketones (excluding diaryl/α,β-unsaturated/α-hetero) is 1. The first-order valence-electron chi connectivity index (χ1n) is 6.35. The van der Waals surface area contributed by atoms with Gasteiger partial charge in [0.25, 0.3) is 0 Å². The van der Waals surface area contributed by atoms with Crippen LogP contribution in [0.5, 0.6) is 0 Å². The Bertz CT molecular complexity index is 575. The molecular weight excluding hydrogens is 300 g/mol. The zero-order valence-electron chi connectivity index (χ0n) is 12.0. The van der Waals surface area contributed by atoms with Gasteiger partial charge in [-0.25, -0.2) is 8.78 Å². The molecule has 1 aromatic carbocycles. The molecule has 1 amide bonds. The van der Waals surface area contributed by atoms with Gasteiger partial charge in [-0.1, -0.05) is 13.8 Å². The Hall–Kier alpha value is -1.63. The first kappa shape index (κ1) is 17.4. The van der Waals surface area contributed by atoms with Crippen molar-refractivity contribution >= 4 is 22.5 Å². The number of hydrogen-bond donors (Lipinski definition) is 1. The SMILES string of the molecule is CC(=O)C(NC(=O)CS(=O)c1ccc(F)cc1F)C(C)C. The van der Waals surface area contributed by atoms with E-state index < -0.39 is 40.1 Å². The lowest BCUT2D eigenvalue weighted by molar-refractivity contribution is -0.126.